The van der Waals surface area contributed by atoms with Crippen LogP contribution in [-0.4, -0.2) is 71.7 Å². The van der Waals surface area contributed by atoms with Crippen molar-refractivity contribution in [2.75, 3.05) is 37.4 Å². The van der Waals surface area contributed by atoms with Crippen LogP contribution in [0.4, 0.5) is 11.4 Å². The van der Waals surface area contributed by atoms with Crippen LogP contribution in [0.15, 0.2) is 36.4 Å². The minimum absolute atomic E-state index is 0.0153. The molecule has 3 N–H and O–H groups in total. The van der Waals surface area contributed by atoms with Gasteiger partial charge >= 0.3 is 0 Å². The van der Waals surface area contributed by atoms with Gasteiger partial charge in [0.05, 0.1) is 11.0 Å². The molecule has 7 rings (SSSR count). The third-order valence-electron chi connectivity index (χ3n) is 9.60. The van der Waals surface area contributed by atoms with Crippen LogP contribution in [0.25, 0.3) is 0 Å². The highest BCUT2D eigenvalue weighted by molar-refractivity contribution is 6.10. The highest BCUT2D eigenvalue weighted by Gasteiger charge is 2.75. The van der Waals surface area contributed by atoms with Crippen LogP contribution in [0.3, 0.4) is 0 Å². The van der Waals surface area contributed by atoms with Crippen LogP contribution in [0.2, 0.25) is 0 Å². The van der Waals surface area contributed by atoms with Gasteiger partial charge in [-0.3, -0.25) is 14.5 Å². The Hall–Kier alpha value is -3.10. The van der Waals surface area contributed by atoms with Gasteiger partial charge in [-0.05, 0) is 80.5 Å². The number of benzene rings is 2. The number of rotatable bonds is 5. The molecule has 8 nitrogen and oxygen atoms in total. The molecule has 2 heterocycles. The number of hydrogen-bond acceptors (Lipinski definition) is 7. The lowest BCUT2D eigenvalue weighted by molar-refractivity contribution is -0.197. The van der Waals surface area contributed by atoms with Gasteiger partial charge in [0.15, 0.2) is 23.4 Å². The summed E-state index contributed by atoms with van der Waals surface area (Å²) in [7, 11) is 3.89. The Kier molecular flexibility index (Phi) is 4.80. The number of carbonyl (C=O) groups excluding carboxylic acids is 2. The molecule has 2 aromatic rings. The van der Waals surface area contributed by atoms with Crippen LogP contribution >= 0.6 is 0 Å². The number of carbonyl (C=O) groups is 2. The van der Waals surface area contributed by atoms with Crippen molar-refractivity contribution in [3.8, 4) is 11.5 Å². The first-order valence-electron chi connectivity index (χ1n) is 13.3. The van der Waals surface area contributed by atoms with Crippen molar-refractivity contribution in [3.63, 3.8) is 0 Å². The molecule has 8 heteroatoms. The summed E-state index contributed by atoms with van der Waals surface area (Å²) in [4.78, 5) is 31.9. The van der Waals surface area contributed by atoms with E-state index in [1.165, 1.54) is 12.8 Å². The first-order chi connectivity index (χ1) is 17.7. The molecule has 194 valence electrons. The molecule has 5 aliphatic rings. The van der Waals surface area contributed by atoms with Crippen LogP contribution in [-0.2, 0) is 21.4 Å². The van der Waals surface area contributed by atoms with Gasteiger partial charge in [0.25, 0.3) is 0 Å². The summed E-state index contributed by atoms with van der Waals surface area (Å²) in [5, 5.41) is 26.2. The van der Waals surface area contributed by atoms with E-state index in [2.05, 4.69) is 10.2 Å². The Morgan fingerprint density at radius 1 is 1.19 bits per heavy atom. The maximum atomic E-state index is 14.0. The Balaban J connectivity index is 1.27. The number of amides is 1. The average molecular weight is 504 g/mol. The van der Waals surface area contributed by atoms with Crippen molar-refractivity contribution < 1.29 is 24.5 Å². The van der Waals surface area contributed by atoms with Gasteiger partial charge in [0, 0.05) is 43.6 Å². The SMILES string of the molecule is CN(C)c1ccc(NC(=O)C2C[C@@]3(O)[C@H]4Cc5ccc(O)c6c5[C@@]3(CCN4CC3CC3)[C@@H](O6)C2=O)cc1. The molecule has 2 bridgehead atoms. The van der Waals surface area contributed by atoms with E-state index in [0.29, 0.717) is 30.2 Å². The number of anilines is 2. The second-order valence-corrected chi connectivity index (χ2v) is 11.8. The number of phenols is 1. The molecule has 37 heavy (non-hydrogen) atoms. The standard InChI is InChI=1S/C29H33N3O5/c1-31(2)19-8-6-18(7-9-19)30-27(35)20-14-29(36)22-13-17-5-10-21(33)25-23(17)28(29,26(37-25)24(20)34)11-12-32(22)15-16-3-4-16/h5-10,16,20,22,26,33,36H,3-4,11-15H2,1-2H3,(H,30,35)/t20?,22-,26+,28+,29-/m1/s1. The molecule has 2 aliphatic heterocycles. The zero-order chi connectivity index (χ0) is 25.7. The predicted octanol–water partition coefficient (Wildman–Crippen LogP) is 2.46. The molecule has 3 fully saturated rings. The Labute approximate surface area is 216 Å². The van der Waals surface area contributed by atoms with Crippen LogP contribution in [0.5, 0.6) is 11.5 Å². The molecular weight excluding hydrogens is 470 g/mol. The Bertz CT molecular complexity index is 1310. The lowest BCUT2D eigenvalue weighted by Gasteiger charge is -2.63. The lowest BCUT2D eigenvalue weighted by Crippen LogP contribution is -2.78. The number of nitrogens with one attached hydrogen (secondary N) is 1. The number of ketones is 1. The predicted molar refractivity (Wildman–Crippen MR) is 138 cm³/mol. The van der Waals surface area contributed by atoms with Crippen LogP contribution < -0.4 is 15.0 Å². The number of phenolic OH excluding ortho intramolecular Hbond substituents is 1. The molecule has 1 unspecified atom stereocenters. The number of hydrogen-bond donors (Lipinski definition) is 3. The van der Waals surface area contributed by atoms with Crippen LogP contribution in [0.1, 0.15) is 36.8 Å². The average Bonchev–Trinajstić information content (AvgIpc) is 3.61. The number of aromatic hydroxyl groups is 1. The topological polar surface area (TPSA) is 102 Å². The quantitative estimate of drug-likeness (QED) is 0.539. The number of piperidine rings is 1. The van der Waals surface area contributed by atoms with Gasteiger partial charge in [0.1, 0.15) is 5.92 Å². The van der Waals surface area contributed by atoms with E-state index >= 15 is 0 Å². The normalized spacial score (nSPS) is 33.5. The van der Waals surface area contributed by atoms with Gasteiger partial charge < -0.3 is 25.2 Å². The molecule has 1 saturated heterocycles. The second kappa shape index (κ2) is 7.71. The third-order valence-corrected chi connectivity index (χ3v) is 9.60. The fourth-order valence-electron chi connectivity index (χ4n) is 7.60. The molecule has 2 aromatic carbocycles. The smallest absolute Gasteiger partial charge is 0.235 e. The number of ether oxygens (including phenoxy) is 1. The molecule has 3 aliphatic carbocycles. The summed E-state index contributed by atoms with van der Waals surface area (Å²) < 4.78 is 6.22. The Morgan fingerprint density at radius 3 is 2.65 bits per heavy atom. The second-order valence-electron chi connectivity index (χ2n) is 11.8. The maximum Gasteiger partial charge on any atom is 0.235 e. The number of aliphatic hydroxyl groups is 1. The number of nitrogens with zero attached hydrogens (tertiary/aromatic N) is 2. The highest BCUT2D eigenvalue weighted by Crippen LogP contribution is 2.65. The molecular formula is C29H33N3O5. The maximum absolute atomic E-state index is 14.0. The van der Waals surface area contributed by atoms with Gasteiger partial charge in [-0.1, -0.05) is 6.07 Å². The molecule has 2 saturated carbocycles. The van der Waals surface area contributed by atoms with E-state index in [1.807, 2.05) is 49.3 Å². The van der Waals surface area contributed by atoms with Gasteiger partial charge in [-0.15, -0.1) is 0 Å². The first-order valence-corrected chi connectivity index (χ1v) is 13.3. The van der Waals surface area contributed by atoms with Crippen molar-refractivity contribution in [1.82, 2.24) is 4.90 Å². The van der Waals surface area contributed by atoms with E-state index < -0.39 is 28.9 Å². The third kappa shape index (κ3) is 3.09. The number of Topliss-reactive ketones (excluding diaryl/α,β-unsaturated/α-hetero) is 1. The summed E-state index contributed by atoms with van der Waals surface area (Å²) >= 11 is 0. The van der Waals surface area contributed by atoms with E-state index in [0.717, 1.165) is 29.9 Å². The minimum Gasteiger partial charge on any atom is -0.504 e. The molecule has 1 amide bonds. The lowest BCUT2D eigenvalue weighted by atomic mass is 9.47. The van der Waals surface area contributed by atoms with Crippen molar-refractivity contribution in [2.45, 2.75) is 55.3 Å². The largest absolute Gasteiger partial charge is 0.504 e. The van der Waals surface area contributed by atoms with E-state index in [9.17, 15) is 19.8 Å². The molecule has 1 spiro atoms. The fraction of sp³-hybridized carbons (Fsp3) is 0.517. The zero-order valence-corrected chi connectivity index (χ0v) is 21.2. The van der Waals surface area contributed by atoms with Gasteiger partial charge in [-0.25, -0.2) is 0 Å². The molecule has 5 atom stereocenters. The fourth-order valence-corrected chi connectivity index (χ4v) is 7.60. The molecule has 0 radical (unpaired) electrons. The summed E-state index contributed by atoms with van der Waals surface area (Å²) in [6.45, 7) is 1.69. The van der Waals surface area contributed by atoms with E-state index in [4.69, 9.17) is 4.74 Å². The summed E-state index contributed by atoms with van der Waals surface area (Å²) in [5.74, 6) is -0.836. The first kappa shape index (κ1) is 23.0. The van der Waals surface area contributed by atoms with Crippen LogP contribution in [0, 0.1) is 11.8 Å². The Morgan fingerprint density at radius 2 is 1.95 bits per heavy atom. The van der Waals surface area contributed by atoms with Crippen molar-refractivity contribution in [2.24, 2.45) is 11.8 Å². The van der Waals surface area contributed by atoms with E-state index in [-0.39, 0.29) is 24.0 Å². The summed E-state index contributed by atoms with van der Waals surface area (Å²) in [5.41, 5.74) is 1.16. The minimum atomic E-state index is -1.32. The zero-order valence-electron chi connectivity index (χ0n) is 21.2. The van der Waals surface area contributed by atoms with Gasteiger partial charge in [0.2, 0.25) is 5.91 Å². The van der Waals surface area contributed by atoms with Crippen molar-refractivity contribution in [1.29, 1.82) is 0 Å². The van der Waals surface area contributed by atoms with Gasteiger partial charge in [-0.2, -0.15) is 0 Å². The van der Waals surface area contributed by atoms with Crippen molar-refractivity contribution in [3.05, 3.63) is 47.5 Å². The summed E-state index contributed by atoms with van der Waals surface area (Å²) in [6.07, 6.45) is 2.65. The van der Waals surface area contributed by atoms with Crippen molar-refractivity contribution >= 4 is 23.1 Å². The highest BCUT2D eigenvalue weighted by atomic mass is 16.5. The molecule has 0 aromatic heterocycles. The number of likely N-dealkylation sites (tertiary alicyclic amines) is 1. The monoisotopic (exact) mass is 503 g/mol. The van der Waals surface area contributed by atoms with E-state index in [1.54, 1.807) is 6.07 Å². The summed E-state index contributed by atoms with van der Waals surface area (Å²) in [6, 6.07) is 10.8.